The molecule has 1 saturated carbocycles. The summed E-state index contributed by atoms with van der Waals surface area (Å²) in [6.07, 6.45) is 2.50. The summed E-state index contributed by atoms with van der Waals surface area (Å²) in [7, 11) is 0. The van der Waals surface area contributed by atoms with E-state index in [-0.39, 0.29) is 25.4 Å². The number of pyridine rings is 1. The van der Waals surface area contributed by atoms with Gasteiger partial charge in [0.1, 0.15) is 16.9 Å². The number of aliphatic hydroxyl groups is 2. The molecule has 154 valence electrons. The number of rotatable bonds is 8. The van der Waals surface area contributed by atoms with Gasteiger partial charge >= 0.3 is 5.97 Å². The molecule has 0 atom stereocenters. The van der Waals surface area contributed by atoms with Gasteiger partial charge in [-0.2, -0.15) is 0 Å². The molecule has 2 aromatic carbocycles. The summed E-state index contributed by atoms with van der Waals surface area (Å²) in [5.41, 5.74) is 1.39. The molecule has 1 heterocycles. The van der Waals surface area contributed by atoms with Gasteiger partial charge in [-0.3, -0.25) is 14.6 Å². The van der Waals surface area contributed by atoms with Gasteiger partial charge in [-0.1, -0.05) is 12.1 Å². The maximum atomic E-state index is 12.3. The van der Waals surface area contributed by atoms with Crippen molar-refractivity contribution in [3.05, 3.63) is 65.4 Å². The summed E-state index contributed by atoms with van der Waals surface area (Å²) in [5.74, 6) is -0.204. The van der Waals surface area contributed by atoms with E-state index in [4.69, 9.17) is 4.74 Å². The molecule has 0 aliphatic heterocycles. The van der Waals surface area contributed by atoms with Gasteiger partial charge in [0.15, 0.2) is 5.78 Å². The van der Waals surface area contributed by atoms with Gasteiger partial charge in [0.2, 0.25) is 0 Å². The number of fused-ring (bicyclic) bond motifs is 1. The molecule has 0 radical (unpaired) electrons. The van der Waals surface area contributed by atoms with Crippen LogP contribution in [0.15, 0.2) is 48.7 Å². The highest BCUT2D eigenvalue weighted by Crippen LogP contribution is 2.47. The van der Waals surface area contributed by atoms with E-state index in [1.807, 2.05) is 0 Å². The second-order valence-corrected chi connectivity index (χ2v) is 7.50. The fraction of sp³-hybridized carbons (Fsp3) is 0.261. The van der Waals surface area contributed by atoms with Gasteiger partial charge < -0.3 is 20.1 Å². The average molecular weight is 407 g/mol. The quantitative estimate of drug-likeness (QED) is 0.492. The lowest BCUT2D eigenvalue weighted by Crippen LogP contribution is -2.26. The number of carboxylic acids is 1. The van der Waals surface area contributed by atoms with Crippen molar-refractivity contribution in [3.63, 3.8) is 0 Å². The Morgan fingerprint density at radius 1 is 1.00 bits per heavy atom. The van der Waals surface area contributed by atoms with Crippen LogP contribution in [-0.4, -0.2) is 32.1 Å². The number of carbonyl (C=O) groups is 2. The maximum Gasteiger partial charge on any atom is 0.317 e. The van der Waals surface area contributed by atoms with Crippen LogP contribution in [-0.2, 0) is 29.2 Å². The number of ether oxygens (including phenoxy) is 1. The van der Waals surface area contributed by atoms with E-state index < -0.39 is 11.4 Å². The molecule has 7 nitrogen and oxygen atoms in total. The number of hydrogen-bond donors (Lipinski definition) is 3. The van der Waals surface area contributed by atoms with E-state index in [1.54, 1.807) is 48.7 Å². The lowest BCUT2D eigenvalue weighted by atomic mass is 9.95. The van der Waals surface area contributed by atoms with Crippen molar-refractivity contribution >= 4 is 22.7 Å². The minimum absolute atomic E-state index is 0.0779. The summed E-state index contributed by atoms with van der Waals surface area (Å²) in [4.78, 5) is 27.9. The minimum atomic E-state index is -1.19. The number of hydrogen-bond acceptors (Lipinski definition) is 6. The van der Waals surface area contributed by atoms with E-state index in [2.05, 4.69) is 4.98 Å². The molecule has 3 N–H and O–H groups in total. The Bertz CT molecular complexity index is 1120. The van der Waals surface area contributed by atoms with Crippen LogP contribution < -0.4 is 4.74 Å². The van der Waals surface area contributed by atoms with Crippen LogP contribution in [0.2, 0.25) is 0 Å². The second kappa shape index (κ2) is 7.85. The first-order valence-corrected chi connectivity index (χ1v) is 9.62. The van der Waals surface area contributed by atoms with Crippen LogP contribution in [0.5, 0.6) is 11.5 Å². The van der Waals surface area contributed by atoms with Gasteiger partial charge in [0, 0.05) is 18.0 Å². The summed E-state index contributed by atoms with van der Waals surface area (Å²) >= 11 is 0. The molecule has 0 bridgehead atoms. The zero-order valence-electron chi connectivity index (χ0n) is 16.2. The third-order valence-corrected chi connectivity index (χ3v) is 5.57. The van der Waals surface area contributed by atoms with E-state index in [1.165, 1.54) is 0 Å². The largest absolute Gasteiger partial charge is 0.480 e. The van der Waals surface area contributed by atoms with E-state index in [0.717, 1.165) is 5.56 Å². The van der Waals surface area contributed by atoms with E-state index in [9.17, 15) is 24.9 Å². The van der Waals surface area contributed by atoms with Gasteiger partial charge in [0.25, 0.3) is 0 Å². The molecule has 0 amide bonds. The summed E-state index contributed by atoms with van der Waals surface area (Å²) < 4.78 is 5.98. The molecule has 0 spiro atoms. The third kappa shape index (κ3) is 3.65. The maximum absolute atomic E-state index is 12.3. The van der Waals surface area contributed by atoms with Gasteiger partial charge in [-0.05, 0) is 59.9 Å². The Hall–Kier alpha value is -3.29. The van der Waals surface area contributed by atoms with Gasteiger partial charge in [0.05, 0.1) is 18.7 Å². The molecule has 1 aliphatic carbocycles. The lowest BCUT2D eigenvalue weighted by molar-refractivity contribution is -0.148. The highest BCUT2D eigenvalue weighted by atomic mass is 16.5. The molecule has 4 rings (SSSR count). The average Bonchev–Trinajstić information content (AvgIpc) is 3.57. The van der Waals surface area contributed by atoms with Gasteiger partial charge in [-0.15, -0.1) is 0 Å². The Balaban J connectivity index is 1.54. The minimum Gasteiger partial charge on any atom is -0.480 e. The fourth-order valence-electron chi connectivity index (χ4n) is 3.53. The predicted octanol–water partition coefficient (Wildman–Crippen LogP) is 2.99. The SMILES string of the molecule is O=C(O)C1(C(=O)Cc2ccc(Oc3ccnc4cc(CO)c(CO)cc34)cc2)CC1. The number of aromatic nitrogens is 1. The summed E-state index contributed by atoms with van der Waals surface area (Å²) in [5, 5.41) is 29.0. The zero-order chi connectivity index (χ0) is 21.3. The number of ketones is 1. The Kier molecular flexibility index (Phi) is 5.24. The van der Waals surface area contributed by atoms with Crippen LogP contribution in [0, 0.1) is 5.41 Å². The van der Waals surface area contributed by atoms with Gasteiger partial charge in [-0.25, -0.2) is 0 Å². The number of nitrogens with zero attached hydrogens (tertiary/aromatic N) is 1. The van der Waals surface area contributed by atoms with Crippen molar-refractivity contribution in [2.75, 3.05) is 0 Å². The van der Waals surface area contributed by atoms with Crippen molar-refractivity contribution in [2.45, 2.75) is 32.5 Å². The molecule has 3 aromatic rings. The number of benzene rings is 2. The zero-order valence-corrected chi connectivity index (χ0v) is 16.2. The molecule has 30 heavy (non-hydrogen) atoms. The van der Waals surface area contributed by atoms with Crippen LogP contribution in [0.25, 0.3) is 10.9 Å². The Morgan fingerprint density at radius 2 is 1.67 bits per heavy atom. The Morgan fingerprint density at radius 3 is 2.27 bits per heavy atom. The van der Waals surface area contributed by atoms with E-state index >= 15 is 0 Å². The van der Waals surface area contributed by atoms with Crippen molar-refractivity contribution in [2.24, 2.45) is 5.41 Å². The molecular formula is C23H21NO6. The van der Waals surface area contributed by atoms with Crippen molar-refractivity contribution in [1.29, 1.82) is 0 Å². The summed E-state index contributed by atoms with van der Waals surface area (Å²) in [6.45, 7) is -0.400. The Labute approximate surface area is 172 Å². The lowest BCUT2D eigenvalue weighted by Gasteiger charge is -2.12. The van der Waals surface area contributed by atoms with Crippen LogP contribution in [0.4, 0.5) is 0 Å². The molecule has 1 aliphatic rings. The van der Waals surface area contributed by atoms with Crippen LogP contribution in [0.3, 0.4) is 0 Å². The first-order chi connectivity index (χ1) is 14.5. The third-order valence-electron chi connectivity index (χ3n) is 5.57. The smallest absolute Gasteiger partial charge is 0.317 e. The number of carboxylic acid groups (broad SMARTS) is 1. The number of aliphatic carboxylic acids is 1. The molecule has 7 heteroatoms. The number of Topliss-reactive ketones (excluding diaryl/α,β-unsaturated/α-hetero) is 1. The molecule has 0 unspecified atom stereocenters. The van der Waals surface area contributed by atoms with Crippen LogP contribution >= 0.6 is 0 Å². The van der Waals surface area contributed by atoms with Crippen molar-refractivity contribution in [1.82, 2.24) is 4.98 Å². The number of carbonyl (C=O) groups excluding carboxylic acids is 1. The van der Waals surface area contributed by atoms with Crippen molar-refractivity contribution < 1.29 is 29.6 Å². The highest BCUT2D eigenvalue weighted by Gasteiger charge is 2.56. The van der Waals surface area contributed by atoms with Crippen LogP contribution in [0.1, 0.15) is 29.5 Å². The molecule has 1 aromatic heterocycles. The number of aliphatic hydroxyl groups excluding tert-OH is 2. The summed E-state index contributed by atoms with van der Waals surface area (Å²) in [6, 6.07) is 12.1. The van der Waals surface area contributed by atoms with Crippen molar-refractivity contribution in [3.8, 4) is 11.5 Å². The second-order valence-electron chi connectivity index (χ2n) is 7.50. The normalized spacial score (nSPS) is 14.5. The molecule has 0 saturated heterocycles. The predicted molar refractivity (Wildman–Crippen MR) is 108 cm³/mol. The monoisotopic (exact) mass is 407 g/mol. The van der Waals surface area contributed by atoms with E-state index in [0.29, 0.717) is 46.4 Å². The first kappa shape index (κ1) is 20.0. The fourth-order valence-corrected chi connectivity index (χ4v) is 3.53. The standard InChI is InChI=1S/C23H21NO6/c25-12-15-10-18-19(11-16(15)13-26)24-8-5-20(18)30-17-3-1-14(2-4-17)9-21(27)23(6-7-23)22(28)29/h1-5,8,10-11,25-26H,6-7,9,12-13H2,(H,28,29). The topological polar surface area (TPSA) is 117 Å². The molecule has 1 fully saturated rings. The first-order valence-electron chi connectivity index (χ1n) is 9.62. The highest BCUT2D eigenvalue weighted by molar-refractivity contribution is 6.06. The molecular weight excluding hydrogens is 386 g/mol.